The fourth-order valence-electron chi connectivity index (χ4n) is 1.92. The Morgan fingerprint density at radius 1 is 1.19 bits per heavy atom. The Balaban J connectivity index is 1.85. The van der Waals surface area contributed by atoms with Gasteiger partial charge in [0, 0.05) is 19.3 Å². The van der Waals surface area contributed by atoms with Crippen molar-refractivity contribution in [2.75, 3.05) is 25.1 Å². The molecule has 2 aromatic carbocycles. The van der Waals surface area contributed by atoms with Crippen LogP contribution in [0.15, 0.2) is 48.5 Å². The molecule has 0 aliphatic rings. The molecule has 112 valence electrons. The van der Waals surface area contributed by atoms with E-state index in [0.29, 0.717) is 17.3 Å². The number of nitrogens with zero attached hydrogens (tertiary/aromatic N) is 1. The van der Waals surface area contributed by atoms with Crippen molar-refractivity contribution in [3.05, 3.63) is 59.4 Å². The molecular weight excluding hydrogens is 293 g/mol. The average molecular weight is 310 g/mol. The standard InChI is InChI=1S/C16H17ClFNO2/c1-19(13-8-6-12(18)7-9-13)10-14(20)11-21-16-5-3-2-4-15(16)17/h2-9,14,20H,10-11H2,1H3. The highest BCUT2D eigenvalue weighted by Gasteiger charge is 2.11. The van der Waals surface area contributed by atoms with E-state index in [1.807, 2.05) is 24.1 Å². The molecular formula is C16H17ClFNO2. The summed E-state index contributed by atoms with van der Waals surface area (Å²) in [4.78, 5) is 1.83. The number of aliphatic hydroxyl groups excluding tert-OH is 1. The van der Waals surface area contributed by atoms with Crippen molar-refractivity contribution in [1.82, 2.24) is 0 Å². The first-order valence-corrected chi connectivity index (χ1v) is 6.96. The van der Waals surface area contributed by atoms with Crippen molar-refractivity contribution in [3.8, 4) is 5.75 Å². The van der Waals surface area contributed by atoms with Crippen molar-refractivity contribution < 1.29 is 14.2 Å². The Hall–Kier alpha value is -1.78. The van der Waals surface area contributed by atoms with Crippen LogP contribution in [0.5, 0.6) is 5.75 Å². The molecule has 0 heterocycles. The van der Waals surface area contributed by atoms with Crippen molar-refractivity contribution in [1.29, 1.82) is 0 Å². The maximum atomic E-state index is 12.9. The van der Waals surface area contributed by atoms with Crippen LogP contribution in [0.1, 0.15) is 0 Å². The molecule has 5 heteroatoms. The third kappa shape index (κ3) is 4.62. The first kappa shape index (κ1) is 15.6. The average Bonchev–Trinajstić information content (AvgIpc) is 2.47. The number of hydrogen-bond acceptors (Lipinski definition) is 3. The van der Waals surface area contributed by atoms with E-state index in [2.05, 4.69) is 0 Å². The highest BCUT2D eigenvalue weighted by atomic mass is 35.5. The zero-order valence-corrected chi connectivity index (χ0v) is 12.4. The van der Waals surface area contributed by atoms with E-state index in [9.17, 15) is 9.50 Å². The van der Waals surface area contributed by atoms with Crippen molar-refractivity contribution in [2.45, 2.75) is 6.10 Å². The number of anilines is 1. The minimum Gasteiger partial charge on any atom is -0.489 e. The summed E-state index contributed by atoms with van der Waals surface area (Å²) in [6, 6.07) is 13.2. The Bertz CT molecular complexity index is 577. The number of aliphatic hydroxyl groups is 1. The van der Waals surface area contributed by atoms with E-state index in [1.165, 1.54) is 12.1 Å². The van der Waals surface area contributed by atoms with Gasteiger partial charge in [-0.05, 0) is 36.4 Å². The number of benzene rings is 2. The lowest BCUT2D eigenvalue weighted by Crippen LogP contribution is -2.33. The van der Waals surface area contributed by atoms with Gasteiger partial charge in [-0.15, -0.1) is 0 Å². The fraction of sp³-hybridized carbons (Fsp3) is 0.250. The van der Waals surface area contributed by atoms with Crippen LogP contribution in [0.2, 0.25) is 5.02 Å². The molecule has 0 aromatic heterocycles. The maximum Gasteiger partial charge on any atom is 0.138 e. The molecule has 1 N–H and O–H groups in total. The second-order valence-electron chi connectivity index (χ2n) is 4.75. The summed E-state index contributed by atoms with van der Waals surface area (Å²) in [7, 11) is 1.83. The van der Waals surface area contributed by atoms with Gasteiger partial charge in [0.2, 0.25) is 0 Å². The van der Waals surface area contributed by atoms with E-state index < -0.39 is 6.10 Å². The van der Waals surface area contributed by atoms with E-state index in [-0.39, 0.29) is 12.4 Å². The Labute approximate surface area is 128 Å². The zero-order valence-electron chi connectivity index (χ0n) is 11.7. The van der Waals surface area contributed by atoms with Crippen LogP contribution in [0, 0.1) is 5.82 Å². The molecule has 0 aliphatic heterocycles. The van der Waals surface area contributed by atoms with Crippen LogP contribution in [-0.4, -0.2) is 31.4 Å². The highest BCUT2D eigenvalue weighted by molar-refractivity contribution is 6.32. The summed E-state index contributed by atoms with van der Waals surface area (Å²) in [5, 5.41) is 10.5. The summed E-state index contributed by atoms with van der Waals surface area (Å²) < 4.78 is 18.3. The van der Waals surface area contributed by atoms with Gasteiger partial charge in [0.1, 0.15) is 24.3 Å². The molecule has 0 saturated heterocycles. The lowest BCUT2D eigenvalue weighted by Gasteiger charge is -2.23. The summed E-state index contributed by atoms with van der Waals surface area (Å²) in [5.41, 5.74) is 0.827. The van der Waals surface area contributed by atoms with Crippen LogP contribution in [0.25, 0.3) is 0 Å². The minimum absolute atomic E-state index is 0.134. The van der Waals surface area contributed by atoms with E-state index in [4.69, 9.17) is 16.3 Å². The van der Waals surface area contributed by atoms with Gasteiger partial charge in [-0.25, -0.2) is 4.39 Å². The molecule has 0 bridgehead atoms. The smallest absolute Gasteiger partial charge is 0.138 e. The predicted octanol–water partition coefficient (Wildman–Crippen LogP) is 3.36. The Morgan fingerprint density at radius 3 is 2.52 bits per heavy atom. The van der Waals surface area contributed by atoms with Crippen LogP contribution in [0.4, 0.5) is 10.1 Å². The molecule has 2 rings (SSSR count). The third-order valence-electron chi connectivity index (χ3n) is 3.02. The van der Waals surface area contributed by atoms with Gasteiger partial charge in [-0.2, -0.15) is 0 Å². The second kappa shape index (κ2) is 7.29. The maximum absolute atomic E-state index is 12.9. The monoisotopic (exact) mass is 309 g/mol. The van der Waals surface area contributed by atoms with Gasteiger partial charge in [-0.1, -0.05) is 23.7 Å². The van der Waals surface area contributed by atoms with Crippen LogP contribution < -0.4 is 9.64 Å². The Morgan fingerprint density at radius 2 is 1.86 bits per heavy atom. The molecule has 0 spiro atoms. The lowest BCUT2D eigenvalue weighted by atomic mass is 10.2. The third-order valence-corrected chi connectivity index (χ3v) is 3.33. The summed E-state index contributed by atoms with van der Waals surface area (Å²) in [6.45, 7) is 0.505. The van der Waals surface area contributed by atoms with Gasteiger partial charge in [0.25, 0.3) is 0 Å². The van der Waals surface area contributed by atoms with Crippen LogP contribution in [0.3, 0.4) is 0 Å². The quantitative estimate of drug-likeness (QED) is 0.888. The second-order valence-corrected chi connectivity index (χ2v) is 5.16. The van der Waals surface area contributed by atoms with E-state index >= 15 is 0 Å². The molecule has 1 atom stereocenters. The molecule has 21 heavy (non-hydrogen) atoms. The van der Waals surface area contributed by atoms with Gasteiger partial charge >= 0.3 is 0 Å². The first-order valence-electron chi connectivity index (χ1n) is 6.58. The first-order chi connectivity index (χ1) is 10.1. The zero-order chi connectivity index (χ0) is 15.2. The highest BCUT2D eigenvalue weighted by Crippen LogP contribution is 2.23. The normalized spacial score (nSPS) is 12.0. The molecule has 0 radical (unpaired) electrons. The summed E-state index contributed by atoms with van der Waals surface area (Å²) in [5.74, 6) is 0.261. The lowest BCUT2D eigenvalue weighted by molar-refractivity contribution is 0.113. The molecule has 3 nitrogen and oxygen atoms in total. The molecule has 0 aliphatic carbocycles. The largest absolute Gasteiger partial charge is 0.489 e. The molecule has 0 saturated carbocycles. The number of rotatable bonds is 6. The van der Waals surface area contributed by atoms with Gasteiger partial charge in [0.15, 0.2) is 0 Å². The summed E-state index contributed by atoms with van der Waals surface area (Å²) >= 11 is 5.97. The van der Waals surface area contributed by atoms with Crippen molar-refractivity contribution in [3.63, 3.8) is 0 Å². The van der Waals surface area contributed by atoms with Crippen LogP contribution in [-0.2, 0) is 0 Å². The molecule has 0 fully saturated rings. The molecule has 1 unspecified atom stereocenters. The SMILES string of the molecule is CN(CC(O)COc1ccccc1Cl)c1ccc(F)cc1. The van der Waals surface area contributed by atoms with Gasteiger partial charge in [0.05, 0.1) is 5.02 Å². The van der Waals surface area contributed by atoms with E-state index in [1.54, 1.807) is 24.3 Å². The summed E-state index contributed by atoms with van der Waals surface area (Å²) in [6.07, 6.45) is -0.684. The predicted molar refractivity (Wildman–Crippen MR) is 82.6 cm³/mol. The number of likely N-dealkylation sites (N-methyl/N-ethyl adjacent to an activating group) is 1. The van der Waals surface area contributed by atoms with Crippen molar-refractivity contribution >= 4 is 17.3 Å². The Kier molecular flexibility index (Phi) is 5.42. The fourth-order valence-corrected chi connectivity index (χ4v) is 2.11. The minimum atomic E-state index is -0.684. The van der Waals surface area contributed by atoms with Gasteiger partial charge < -0.3 is 14.7 Å². The van der Waals surface area contributed by atoms with Gasteiger partial charge in [-0.3, -0.25) is 0 Å². The molecule has 2 aromatic rings. The van der Waals surface area contributed by atoms with E-state index in [0.717, 1.165) is 5.69 Å². The number of para-hydroxylation sites is 1. The van der Waals surface area contributed by atoms with Crippen molar-refractivity contribution in [2.24, 2.45) is 0 Å². The molecule has 0 amide bonds. The number of hydrogen-bond donors (Lipinski definition) is 1. The number of ether oxygens (including phenoxy) is 1. The van der Waals surface area contributed by atoms with Crippen LogP contribution >= 0.6 is 11.6 Å². The topological polar surface area (TPSA) is 32.7 Å². The number of halogens is 2.